The molecule has 0 aliphatic heterocycles. The lowest BCUT2D eigenvalue weighted by Crippen LogP contribution is -2.24. The average molecular weight is 336 g/mol. The molecule has 0 aliphatic rings. The highest BCUT2D eigenvalue weighted by Gasteiger charge is 2.06. The number of aromatic nitrogens is 1. The Bertz CT molecular complexity index is 859. The second-order valence-electron chi connectivity index (χ2n) is 5.85. The van der Waals surface area contributed by atoms with E-state index in [4.69, 9.17) is 0 Å². The molecule has 1 heterocycles. The maximum absolute atomic E-state index is 12.0. The van der Waals surface area contributed by atoms with Crippen molar-refractivity contribution < 1.29 is 4.79 Å². The Morgan fingerprint density at radius 2 is 1.83 bits per heavy atom. The fraction of sp³-hybridized carbons (Fsp3) is 0.200. The van der Waals surface area contributed by atoms with E-state index in [0.717, 1.165) is 21.5 Å². The van der Waals surface area contributed by atoms with E-state index in [0.29, 0.717) is 12.3 Å². The van der Waals surface area contributed by atoms with Gasteiger partial charge in [0.25, 0.3) is 0 Å². The van der Waals surface area contributed by atoms with Crippen LogP contribution in [0, 0.1) is 13.8 Å². The molecule has 0 saturated carbocycles. The van der Waals surface area contributed by atoms with E-state index in [1.807, 2.05) is 36.4 Å². The molecule has 0 spiro atoms. The third kappa shape index (κ3) is 4.15. The molecular weight excluding hydrogens is 316 g/mol. The van der Waals surface area contributed by atoms with Crippen molar-refractivity contribution in [2.75, 3.05) is 5.75 Å². The molecule has 1 N–H and O–H groups in total. The van der Waals surface area contributed by atoms with Crippen LogP contribution in [0.4, 0.5) is 0 Å². The number of amides is 1. The van der Waals surface area contributed by atoms with Gasteiger partial charge in [0.05, 0.1) is 16.3 Å². The molecule has 0 saturated heterocycles. The zero-order valence-electron chi connectivity index (χ0n) is 13.9. The first-order chi connectivity index (χ1) is 11.6. The van der Waals surface area contributed by atoms with Gasteiger partial charge in [0.1, 0.15) is 0 Å². The number of benzene rings is 2. The molecule has 0 aliphatic carbocycles. The highest BCUT2D eigenvalue weighted by molar-refractivity contribution is 7.99. The van der Waals surface area contributed by atoms with Crippen LogP contribution in [0.3, 0.4) is 0 Å². The fourth-order valence-corrected chi connectivity index (χ4v) is 3.29. The molecular formula is C20H20N2OS. The largest absolute Gasteiger partial charge is 0.351 e. The number of hydrogen-bond acceptors (Lipinski definition) is 3. The summed E-state index contributed by atoms with van der Waals surface area (Å²) in [5.74, 6) is 0.393. The van der Waals surface area contributed by atoms with Crippen molar-refractivity contribution in [2.45, 2.75) is 25.4 Å². The SMILES string of the molecule is Cc1ccc(CNC(=O)CSc2cc(C)c3ccccc3n2)cc1. The molecule has 0 fully saturated rings. The molecule has 2 aromatic carbocycles. The van der Waals surface area contributed by atoms with Gasteiger partial charge in [0.2, 0.25) is 5.91 Å². The van der Waals surface area contributed by atoms with Crippen LogP contribution in [-0.4, -0.2) is 16.6 Å². The lowest BCUT2D eigenvalue weighted by Gasteiger charge is -2.07. The molecule has 3 rings (SSSR count). The van der Waals surface area contributed by atoms with Crippen molar-refractivity contribution in [1.29, 1.82) is 0 Å². The number of thioether (sulfide) groups is 1. The highest BCUT2D eigenvalue weighted by Crippen LogP contribution is 2.23. The van der Waals surface area contributed by atoms with Gasteiger partial charge in [-0.2, -0.15) is 0 Å². The van der Waals surface area contributed by atoms with Crippen molar-refractivity contribution in [1.82, 2.24) is 10.3 Å². The second-order valence-corrected chi connectivity index (χ2v) is 6.84. The molecule has 0 unspecified atom stereocenters. The number of carbonyl (C=O) groups is 1. The lowest BCUT2D eigenvalue weighted by molar-refractivity contribution is -0.118. The predicted octanol–water partition coefficient (Wildman–Crippen LogP) is 4.26. The van der Waals surface area contributed by atoms with Gasteiger partial charge in [0, 0.05) is 11.9 Å². The summed E-state index contributed by atoms with van der Waals surface area (Å²) in [4.78, 5) is 16.7. The van der Waals surface area contributed by atoms with E-state index in [2.05, 4.69) is 42.3 Å². The number of hydrogen-bond donors (Lipinski definition) is 1. The molecule has 0 atom stereocenters. The summed E-state index contributed by atoms with van der Waals surface area (Å²) in [6.07, 6.45) is 0. The van der Waals surface area contributed by atoms with E-state index in [-0.39, 0.29) is 5.91 Å². The Morgan fingerprint density at radius 3 is 2.62 bits per heavy atom. The third-order valence-electron chi connectivity index (χ3n) is 3.86. The van der Waals surface area contributed by atoms with E-state index in [9.17, 15) is 4.79 Å². The van der Waals surface area contributed by atoms with E-state index < -0.39 is 0 Å². The number of carbonyl (C=O) groups excluding carboxylic acids is 1. The molecule has 1 aromatic heterocycles. The number of nitrogens with one attached hydrogen (secondary N) is 1. The third-order valence-corrected chi connectivity index (χ3v) is 4.77. The van der Waals surface area contributed by atoms with Crippen molar-refractivity contribution in [3.8, 4) is 0 Å². The van der Waals surface area contributed by atoms with Crippen LogP contribution in [0.2, 0.25) is 0 Å². The fourth-order valence-electron chi connectivity index (χ4n) is 2.49. The summed E-state index contributed by atoms with van der Waals surface area (Å²) in [5, 5.41) is 5.00. The number of aryl methyl sites for hydroxylation is 2. The van der Waals surface area contributed by atoms with Crippen LogP contribution in [0.1, 0.15) is 16.7 Å². The van der Waals surface area contributed by atoms with Crippen LogP contribution < -0.4 is 5.32 Å². The van der Waals surface area contributed by atoms with E-state index in [1.165, 1.54) is 22.9 Å². The van der Waals surface area contributed by atoms with Crippen molar-refractivity contribution >= 4 is 28.6 Å². The normalized spacial score (nSPS) is 10.8. The van der Waals surface area contributed by atoms with Gasteiger partial charge in [-0.15, -0.1) is 0 Å². The minimum atomic E-state index is 0.0215. The van der Waals surface area contributed by atoms with Crippen LogP contribution in [0.25, 0.3) is 10.9 Å². The predicted molar refractivity (Wildman–Crippen MR) is 100 cm³/mol. The molecule has 3 aromatic rings. The summed E-state index contributed by atoms with van der Waals surface area (Å²) in [6, 6.07) is 18.3. The number of fused-ring (bicyclic) bond motifs is 1. The Morgan fingerprint density at radius 1 is 1.08 bits per heavy atom. The first-order valence-electron chi connectivity index (χ1n) is 7.93. The monoisotopic (exact) mass is 336 g/mol. The standard InChI is InChI=1S/C20H20N2OS/c1-14-7-9-16(10-8-14)12-21-19(23)13-24-20-11-15(2)17-5-3-4-6-18(17)22-20/h3-11H,12-13H2,1-2H3,(H,21,23). The van der Waals surface area contributed by atoms with Gasteiger partial charge in [-0.3, -0.25) is 4.79 Å². The number of para-hydroxylation sites is 1. The topological polar surface area (TPSA) is 42.0 Å². The minimum Gasteiger partial charge on any atom is -0.351 e. The van der Waals surface area contributed by atoms with Gasteiger partial charge in [-0.1, -0.05) is 59.8 Å². The summed E-state index contributed by atoms with van der Waals surface area (Å²) < 4.78 is 0. The summed E-state index contributed by atoms with van der Waals surface area (Å²) in [5.41, 5.74) is 4.49. The summed E-state index contributed by atoms with van der Waals surface area (Å²) >= 11 is 1.47. The second kappa shape index (κ2) is 7.49. The van der Waals surface area contributed by atoms with Gasteiger partial charge in [0.15, 0.2) is 0 Å². The number of nitrogens with zero attached hydrogens (tertiary/aromatic N) is 1. The summed E-state index contributed by atoms with van der Waals surface area (Å²) in [6.45, 7) is 4.69. The highest BCUT2D eigenvalue weighted by atomic mass is 32.2. The first-order valence-corrected chi connectivity index (χ1v) is 8.92. The Labute approximate surface area is 146 Å². The quantitative estimate of drug-likeness (QED) is 0.708. The smallest absolute Gasteiger partial charge is 0.230 e. The summed E-state index contributed by atoms with van der Waals surface area (Å²) in [7, 11) is 0. The zero-order chi connectivity index (χ0) is 16.9. The van der Waals surface area contributed by atoms with E-state index >= 15 is 0 Å². The van der Waals surface area contributed by atoms with Gasteiger partial charge < -0.3 is 5.32 Å². The molecule has 4 heteroatoms. The van der Waals surface area contributed by atoms with Crippen molar-refractivity contribution in [2.24, 2.45) is 0 Å². The molecule has 0 radical (unpaired) electrons. The van der Waals surface area contributed by atoms with Gasteiger partial charge >= 0.3 is 0 Å². The van der Waals surface area contributed by atoms with Crippen LogP contribution in [-0.2, 0) is 11.3 Å². The Kier molecular flexibility index (Phi) is 5.16. The minimum absolute atomic E-state index is 0.0215. The maximum Gasteiger partial charge on any atom is 0.230 e. The molecule has 3 nitrogen and oxygen atoms in total. The van der Waals surface area contributed by atoms with Crippen LogP contribution in [0.5, 0.6) is 0 Å². The Balaban J connectivity index is 1.57. The van der Waals surface area contributed by atoms with Crippen molar-refractivity contribution in [3.63, 3.8) is 0 Å². The molecule has 1 amide bonds. The molecule has 24 heavy (non-hydrogen) atoms. The van der Waals surface area contributed by atoms with E-state index in [1.54, 1.807) is 0 Å². The number of pyridine rings is 1. The van der Waals surface area contributed by atoms with Crippen molar-refractivity contribution in [3.05, 3.63) is 71.3 Å². The average Bonchev–Trinajstić information content (AvgIpc) is 2.59. The van der Waals surface area contributed by atoms with Gasteiger partial charge in [-0.25, -0.2) is 4.98 Å². The first kappa shape index (κ1) is 16.5. The number of rotatable bonds is 5. The molecule has 0 bridgehead atoms. The molecule has 122 valence electrons. The maximum atomic E-state index is 12.0. The zero-order valence-corrected chi connectivity index (χ0v) is 14.7. The van der Waals surface area contributed by atoms with Gasteiger partial charge in [-0.05, 0) is 37.1 Å². The van der Waals surface area contributed by atoms with Crippen LogP contribution >= 0.6 is 11.8 Å². The van der Waals surface area contributed by atoms with Crippen LogP contribution in [0.15, 0.2) is 59.6 Å². The lowest BCUT2D eigenvalue weighted by atomic mass is 10.1. The Hall–Kier alpha value is -2.33.